The van der Waals surface area contributed by atoms with Crippen LogP contribution in [0.3, 0.4) is 0 Å². The highest BCUT2D eigenvalue weighted by Gasteiger charge is 2.29. The molecule has 0 saturated carbocycles. The van der Waals surface area contributed by atoms with Crippen molar-refractivity contribution >= 4 is 39.4 Å². The molecule has 3 aromatic rings. The number of thioether (sulfide) groups is 1. The van der Waals surface area contributed by atoms with Crippen LogP contribution in [0.1, 0.15) is 16.7 Å². The first kappa shape index (κ1) is 16.2. The van der Waals surface area contributed by atoms with Crippen molar-refractivity contribution in [3.63, 3.8) is 0 Å². The van der Waals surface area contributed by atoms with E-state index in [1.54, 1.807) is 12.1 Å². The molecule has 1 saturated heterocycles. The highest BCUT2D eigenvalue weighted by atomic mass is 32.2. The molecule has 0 unspecified atom stereocenters. The Labute approximate surface area is 153 Å². The Hall–Kier alpha value is -3.30. The van der Waals surface area contributed by atoms with Gasteiger partial charge in [-0.1, -0.05) is 24.3 Å². The normalized spacial score (nSPS) is 15.8. The van der Waals surface area contributed by atoms with Crippen molar-refractivity contribution in [2.75, 3.05) is 0 Å². The molecule has 26 heavy (non-hydrogen) atoms. The Balaban J connectivity index is 1.86. The SMILES string of the molecule is N#Cc1ccc(CC(=C2SC(=O)NC2=O)c2cccc3[nH]ccc23)cc1. The van der Waals surface area contributed by atoms with E-state index in [1.165, 1.54) is 0 Å². The van der Waals surface area contributed by atoms with E-state index in [0.29, 0.717) is 16.9 Å². The molecule has 2 heterocycles. The quantitative estimate of drug-likeness (QED) is 0.693. The van der Waals surface area contributed by atoms with Gasteiger partial charge in [-0.2, -0.15) is 5.26 Å². The molecule has 1 aliphatic heterocycles. The summed E-state index contributed by atoms with van der Waals surface area (Å²) in [6, 6.07) is 17.2. The summed E-state index contributed by atoms with van der Waals surface area (Å²) in [4.78, 5) is 27.6. The van der Waals surface area contributed by atoms with E-state index >= 15 is 0 Å². The minimum atomic E-state index is -0.365. The number of aromatic amines is 1. The number of rotatable bonds is 3. The molecular formula is C20H13N3O2S. The van der Waals surface area contributed by atoms with Crippen LogP contribution < -0.4 is 5.32 Å². The smallest absolute Gasteiger partial charge is 0.290 e. The van der Waals surface area contributed by atoms with E-state index in [9.17, 15) is 9.59 Å². The van der Waals surface area contributed by atoms with Gasteiger partial charge in [-0.3, -0.25) is 14.9 Å². The van der Waals surface area contributed by atoms with Gasteiger partial charge in [0, 0.05) is 17.1 Å². The van der Waals surface area contributed by atoms with Gasteiger partial charge in [0.1, 0.15) is 0 Å². The minimum Gasteiger partial charge on any atom is -0.361 e. The van der Waals surface area contributed by atoms with Gasteiger partial charge in [0.15, 0.2) is 0 Å². The lowest BCUT2D eigenvalue weighted by atomic mass is 9.94. The van der Waals surface area contributed by atoms with Gasteiger partial charge in [-0.05, 0) is 59.1 Å². The standard InChI is InChI=1S/C20H13N3O2S/c21-11-13-6-4-12(5-7-13)10-16(18-19(24)23-20(25)26-18)14-2-1-3-17-15(14)8-9-22-17/h1-9,22H,10H2,(H,23,24,25). The van der Waals surface area contributed by atoms with Crippen LogP contribution in [-0.2, 0) is 11.2 Å². The number of nitrogens with zero attached hydrogens (tertiary/aromatic N) is 1. The predicted molar refractivity (Wildman–Crippen MR) is 101 cm³/mol. The molecule has 126 valence electrons. The maximum atomic E-state index is 12.3. The van der Waals surface area contributed by atoms with Gasteiger partial charge < -0.3 is 4.98 Å². The molecule has 2 amide bonds. The first-order valence-corrected chi connectivity index (χ1v) is 8.79. The summed E-state index contributed by atoms with van der Waals surface area (Å²) in [7, 11) is 0. The molecule has 1 aromatic heterocycles. The summed E-state index contributed by atoms with van der Waals surface area (Å²) in [5.41, 5.74) is 4.23. The van der Waals surface area contributed by atoms with E-state index in [1.807, 2.05) is 42.6 Å². The van der Waals surface area contributed by atoms with Crippen LogP contribution in [0.4, 0.5) is 4.79 Å². The van der Waals surface area contributed by atoms with E-state index in [0.717, 1.165) is 39.4 Å². The zero-order valence-corrected chi connectivity index (χ0v) is 14.4. The summed E-state index contributed by atoms with van der Waals surface area (Å²) >= 11 is 0.932. The fourth-order valence-electron chi connectivity index (χ4n) is 3.06. The molecule has 1 fully saturated rings. The number of hydrogen-bond donors (Lipinski definition) is 2. The maximum absolute atomic E-state index is 12.3. The second-order valence-electron chi connectivity index (χ2n) is 5.88. The van der Waals surface area contributed by atoms with Gasteiger partial charge in [-0.15, -0.1) is 0 Å². The van der Waals surface area contributed by atoms with Crippen molar-refractivity contribution in [1.82, 2.24) is 10.3 Å². The lowest BCUT2D eigenvalue weighted by Gasteiger charge is -2.12. The third-order valence-electron chi connectivity index (χ3n) is 4.27. The van der Waals surface area contributed by atoms with Gasteiger partial charge in [0.25, 0.3) is 11.1 Å². The van der Waals surface area contributed by atoms with Crippen LogP contribution in [0.5, 0.6) is 0 Å². The number of benzene rings is 2. The van der Waals surface area contributed by atoms with Crippen molar-refractivity contribution in [3.8, 4) is 6.07 Å². The number of aromatic nitrogens is 1. The fraction of sp³-hybridized carbons (Fsp3) is 0.0500. The number of nitriles is 1. The number of H-pyrrole nitrogens is 1. The molecule has 0 radical (unpaired) electrons. The lowest BCUT2D eigenvalue weighted by Crippen LogP contribution is -2.18. The van der Waals surface area contributed by atoms with Gasteiger partial charge in [0.05, 0.1) is 16.5 Å². The number of carbonyl (C=O) groups is 2. The Morgan fingerprint density at radius 1 is 1.08 bits per heavy atom. The van der Waals surface area contributed by atoms with Crippen LogP contribution >= 0.6 is 11.8 Å². The van der Waals surface area contributed by atoms with Gasteiger partial charge in [-0.25, -0.2) is 0 Å². The number of carbonyl (C=O) groups excluding carboxylic acids is 2. The highest BCUT2D eigenvalue weighted by molar-refractivity contribution is 8.18. The number of hydrogen-bond acceptors (Lipinski definition) is 4. The van der Waals surface area contributed by atoms with Gasteiger partial charge in [0.2, 0.25) is 0 Å². The summed E-state index contributed by atoms with van der Waals surface area (Å²) in [6.07, 6.45) is 2.34. The molecular weight excluding hydrogens is 346 g/mol. The van der Waals surface area contributed by atoms with Crippen molar-refractivity contribution in [2.45, 2.75) is 6.42 Å². The first-order valence-electron chi connectivity index (χ1n) is 7.97. The van der Waals surface area contributed by atoms with Crippen LogP contribution in [0, 0.1) is 11.3 Å². The summed E-state index contributed by atoms with van der Waals surface area (Å²) in [5.74, 6) is -0.365. The number of fused-ring (bicyclic) bond motifs is 1. The summed E-state index contributed by atoms with van der Waals surface area (Å²) in [5, 5.41) is 11.9. The Morgan fingerprint density at radius 3 is 2.58 bits per heavy atom. The Bertz CT molecular complexity index is 1100. The molecule has 0 atom stereocenters. The molecule has 0 aliphatic carbocycles. The third kappa shape index (κ3) is 2.89. The zero-order chi connectivity index (χ0) is 18.1. The molecule has 2 aromatic carbocycles. The van der Waals surface area contributed by atoms with Gasteiger partial charge >= 0.3 is 0 Å². The molecule has 1 aliphatic rings. The highest BCUT2D eigenvalue weighted by Crippen LogP contribution is 2.36. The van der Waals surface area contributed by atoms with Crippen LogP contribution in [0.25, 0.3) is 16.5 Å². The molecule has 0 spiro atoms. The average Bonchev–Trinajstić information content (AvgIpc) is 3.26. The summed E-state index contributed by atoms with van der Waals surface area (Å²) in [6.45, 7) is 0. The zero-order valence-electron chi connectivity index (χ0n) is 13.6. The molecule has 2 N–H and O–H groups in total. The number of amides is 2. The Morgan fingerprint density at radius 2 is 1.88 bits per heavy atom. The van der Waals surface area contributed by atoms with E-state index in [4.69, 9.17) is 5.26 Å². The first-order chi connectivity index (χ1) is 12.7. The molecule has 6 heteroatoms. The van der Waals surface area contributed by atoms with E-state index in [2.05, 4.69) is 16.4 Å². The number of allylic oxidation sites excluding steroid dienone is 1. The minimum absolute atomic E-state index is 0.358. The van der Waals surface area contributed by atoms with Crippen LogP contribution in [-0.4, -0.2) is 16.1 Å². The van der Waals surface area contributed by atoms with Crippen molar-refractivity contribution < 1.29 is 9.59 Å². The largest absolute Gasteiger partial charge is 0.361 e. The topological polar surface area (TPSA) is 85.8 Å². The number of nitrogens with one attached hydrogen (secondary N) is 2. The predicted octanol–water partition coefficient (Wildman–Crippen LogP) is 3.98. The Kier molecular flexibility index (Phi) is 4.07. The van der Waals surface area contributed by atoms with Crippen molar-refractivity contribution in [3.05, 3.63) is 76.3 Å². The van der Waals surface area contributed by atoms with Crippen molar-refractivity contribution in [1.29, 1.82) is 5.26 Å². The third-order valence-corrected chi connectivity index (χ3v) is 5.20. The van der Waals surface area contributed by atoms with Crippen LogP contribution in [0.15, 0.2) is 59.6 Å². The average molecular weight is 359 g/mol. The molecule has 5 nitrogen and oxygen atoms in total. The lowest BCUT2D eigenvalue weighted by molar-refractivity contribution is -0.115. The summed E-state index contributed by atoms with van der Waals surface area (Å²) < 4.78 is 0. The maximum Gasteiger partial charge on any atom is 0.290 e. The van der Waals surface area contributed by atoms with E-state index in [-0.39, 0.29) is 11.1 Å². The number of imide groups is 1. The van der Waals surface area contributed by atoms with Crippen LogP contribution in [0.2, 0.25) is 0 Å². The second-order valence-corrected chi connectivity index (χ2v) is 6.86. The fourth-order valence-corrected chi connectivity index (χ4v) is 3.84. The van der Waals surface area contributed by atoms with E-state index < -0.39 is 0 Å². The monoisotopic (exact) mass is 359 g/mol. The molecule has 0 bridgehead atoms. The van der Waals surface area contributed by atoms with Crippen molar-refractivity contribution in [2.24, 2.45) is 0 Å². The second kappa shape index (κ2) is 6.54. The molecule has 4 rings (SSSR count).